The predicted octanol–water partition coefficient (Wildman–Crippen LogP) is 2.79. The number of nitrogens with one attached hydrogen (secondary N) is 1. The minimum absolute atomic E-state index is 0. The van der Waals surface area contributed by atoms with Crippen molar-refractivity contribution < 1.29 is 9.59 Å². The summed E-state index contributed by atoms with van der Waals surface area (Å²) in [4.78, 5) is 29.1. The lowest BCUT2D eigenvalue weighted by atomic mass is 10.0. The fraction of sp³-hybridized carbons (Fsp3) is 0.364. The highest BCUT2D eigenvalue weighted by molar-refractivity contribution is 5.95. The number of halogens is 2. The first-order valence-corrected chi connectivity index (χ1v) is 9.60. The number of piperazine rings is 1. The van der Waals surface area contributed by atoms with E-state index in [4.69, 9.17) is 5.73 Å². The SMILES string of the molecule is Cc1ccc(C(N)C(=O)Nc2cccc(CC(=O)N3CCN(C)CC3)c2)cc1.Cl.Cl. The van der Waals surface area contributed by atoms with Gasteiger partial charge in [0.25, 0.3) is 0 Å². The maximum absolute atomic E-state index is 12.5. The van der Waals surface area contributed by atoms with Crippen molar-refractivity contribution in [2.75, 3.05) is 38.5 Å². The third-order valence-electron chi connectivity index (χ3n) is 5.12. The summed E-state index contributed by atoms with van der Waals surface area (Å²) in [6, 6.07) is 14.3. The molecule has 3 rings (SSSR count). The third-order valence-corrected chi connectivity index (χ3v) is 5.12. The molecule has 1 saturated heterocycles. The number of rotatable bonds is 5. The van der Waals surface area contributed by atoms with Crippen molar-refractivity contribution in [1.29, 1.82) is 0 Å². The number of benzene rings is 2. The molecular formula is C22H30Cl2N4O2. The van der Waals surface area contributed by atoms with Crippen LogP contribution in [0.5, 0.6) is 0 Å². The van der Waals surface area contributed by atoms with Gasteiger partial charge in [-0.1, -0.05) is 42.0 Å². The fourth-order valence-electron chi connectivity index (χ4n) is 3.25. The molecule has 0 aliphatic carbocycles. The topological polar surface area (TPSA) is 78.7 Å². The molecule has 164 valence electrons. The van der Waals surface area contributed by atoms with Crippen LogP contribution in [0.3, 0.4) is 0 Å². The monoisotopic (exact) mass is 452 g/mol. The van der Waals surface area contributed by atoms with E-state index in [9.17, 15) is 9.59 Å². The van der Waals surface area contributed by atoms with Crippen molar-refractivity contribution in [3.05, 3.63) is 65.2 Å². The molecule has 1 unspecified atom stereocenters. The summed E-state index contributed by atoms with van der Waals surface area (Å²) >= 11 is 0. The quantitative estimate of drug-likeness (QED) is 0.730. The lowest BCUT2D eigenvalue weighted by Crippen LogP contribution is -2.47. The molecular weight excluding hydrogens is 423 g/mol. The highest BCUT2D eigenvalue weighted by Crippen LogP contribution is 2.17. The van der Waals surface area contributed by atoms with E-state index in [-0.39, 0.29) is 36.6 Å². The molecule has 2 aromatic rings. The van der Waals surface area contributed by atoms with Gasteiger partial charge in [-0.25, -0.2) is 0 Å². The van der Waals surface area contributed by atoms with Gasteiger partial charge >= 0.3 is 0 Å². The van der Waals surface area contributed by atoms with Gasteiger partial charge in [-0.3, -0.25) is 9.59 Å². The van der Waals surface area contributed by atoms with Gasteiger partial charge in [0.15, 0.2) is 0 Å². The minimum Gasteiger partial charge on any atom is -0.340 e. The summed E-state index contributed by atoms with van der Waals surface area (Å²) in [6.07, 6.45) is 0.331. The molecule has 0 spiro atoms. The van der Waals surface area contributed by atoms with Crippen LogP contribution in [0.2, 0.25) is 0 Å². The predicted molar refractivity (Wildman–Crippen MR) is 125 cm³/mol. The number of aryl methyl sites for hydroxylation is 1. The van der Waals surface area contributed by atoms with Crippen molar-refractivity contribution in [3.63, 3.8) is 0 Å². The summed E-state index contributed by atoms with van der Waals surface area (Å²) in [5, 5.41) is 2.86. The molecule has 1 atom stereocenters. The van der Waals surface area contributed by atoms with E-state index in [1.54, 1.807) is 0 Å². The second-order valence-corrected chi connectivity index (χ2v) is 7.44. The van der Waals surface area contributed by atoms with Gasteiger partial charge in [-0.2, -0.15) is 0 Å². The molecule has 1 aliphatic heterocycles. The van der Waals surface area contributed by atoms with Crippen molar-refractivity contribution in [1.82, 2.24) is 9.80 Å². The third kappa shape index (κ3) is 6.99. The summed E-state index contributed by atoms with van der Waals surface area (Å²) in [5.74, 6) is -0.153. The minimum atomic E-state index is -0.740. The van der Waals surface area contributed by atoms with Crippen LogP contribution in [-0.2, 0) is 16.0 Å². The molecule has 0 bridgehead atoms. The number of carbonyl (C=O) groups excluding carboxylic acids is 2. The Morgan fingerprint density at radius 2 is 1.67 bits per heavy atom. The number of anilines is 1. The van der Waals surface area contributed by atoms with E-state index < -0.39 is 6.04 Å². The van der Waals surface area contributed by atoms with Crippen LogP contribution >= 0.6 is 24.8 Å². The summed E-state index contributed by atoms with van der Waals surface area (Å²) in [7, 11) is 2.06. The molecule has 1 aliphatic rings. The highest BCUT2D eigenvalue weighted by Gasteiger charge is 2.20. The molecule has 2 amide bonds. The van der Waals surface area contributed by atoms with Gasteiger partial charge in [0, 0.05) is 31.9 Å². The molecule has 8 heteroatoms. The number of amides is 2. The molecule has 0 aromatic heterocycles. The Balaban J connectivity index is 0.00000225. The van der Waals surface area contributed by atoms with E-state index >= 15 is 0 Å². The molecule has 1 fully saturated rings. The number of nitrogens with zero attached hydrogens (tertiary/aromatic N) is 2. The molecule has 30 heavy (non-hydrogen) atoms. The Bertz CT molecular complexity index is 837. The van der Waals surface area contributed by atoms with Crippen molar-refractivity contribution in [2.45, 2.75) is 19.4 Å². The zero-order chi connectivity index (χ0) is 20.1. The first kappa shape index (κ1) is 25.9. The van der Waals surface area contributed by atoms with Crippen LogP contribution in [0.1, 0.15) is 22.7 Å². The molecule has 6 nitrogen and oxygen atoms in total. The van der Waals surface area contributed by atoms with Crippen LogP contribution in [0.15, 0.2) is 48.5 Å². The van der Waals surface area contributed by atoms with Gasteiger partial charge in [0.2, 0.25) is 11.8 Å². The van der Waals surface area contributed by atoms with Crippen molar-refractivity contribution >= 4 is 42.3 Å². The second kappa shape index (κ2) is 11.9. The standard InChI is InChI=1S/C22H28N4O2.2ClH/c1-16-6-8-18(9-7-16)21(23)22(28)24-19-5-3-4-17(14-19)15-20(27)26-12-10-25(2)11-13-26;;/h3-9,14,21H,10-13,15,23H2,1-2H3,(H,24,28);2*1H. The van der Waals surface area contributed by atoms with Gasteiger partial charge in [0.1, 0.15) is 6.04 Å². The van der Waals surface area contributed by atoms with Crippen molar-refractivity contribution in [3.8, 4) is 0 Å². The number of likely N-dealkylation sites (N-methyl/N-ethyl adjacent to an activating group) is 1. The van der Waals surface area contributed by atoms with Crippen LogP contribution in [0, 0.1) is 6.92 Å². The first-order chi connectivity index (χ1) is 13.4. The van der Waals surface area contributed by atoms with E-state index in [1.807, 2.05) is 60.4 Å². The van der Waals surface area contributed by atoms with E-state index in [1.165, 1.54) is 0 Å². The fourth-order valence-corrected chi connectivity index (χ4v) is 3.25. The molecule has 1 heterocycles. The largest absolute Gasteiger partial charge is 0.340 e. The maximum Gasteiger partial charge on any atom is 0.245 e. The van der Waals surface area contributed by atoms with Gasteiger partial charge in [-0.15, -0.1) is 24.8 Å². The Morgan fingerprint density at radius 3 is 2.30 bits per heavy atom. The highest BCUT2D eigenvalue weighted by atomic mass is 35.5. The Labute approximate surface area is 190 Å². The van der Waals surface area contributed by atoms with Crippen LogP contribution in [0.4, 0.5) is 5.69 Å². The number of carbonyl (C=O) groups is 2. The number of hydrogen-bond donors (Lipinski definition) is 2. The molecule has 2 aromatic carbocycles. The Kier molecular flexibility index (Phi) is 10.3. The Morgan fingerprint density at radius 1 is 1.03 bits per heavy atom. The number of hydrogen-bond acceptors (Lipinski definition) is 4. The van der Waals surface area contributed by atoms with E-state index in [2.05, 4.69) is 17.3 Å². The summed E-state index contributed by atoms with van der Waals surface area (Å²) < 4.78 is 0. The van der Waals surface area contributed by atoms with Gasteiger partial charge < -0.3 is 20.9 Å². The molecule has 0 radical (unpaired) electrons. The van der Waals surface area contributed by atoms with Crippen molar-refractivity contribution in [2.24, 2.45) is 5.73 Å². The van der Waals surface area contributed by atoms with Gasteiger partial charge in [0.05, 0.1) is 6.42 Å². The normalized spacial score (nSPS) is 14.8. The first-order valence-electron chi connectivity index (χ1n) is 9.60. The van der Waals surface area contributed by atoms with Gasteiger partial charge in [-0.05, 0) is 37.2 Å². The second-order valence-electron chi connectivity index (χ2n) is 7.44. The van der Waals surface area contributed by atoms with Crippen LogP contribution in [-0.4, -0.2) is 54.8 Å². The smallest absolute Gasteiger partial charge is 0.245 e. The molecule has 0 saturated carbocycles. The molecule has 3 N–H and O–H groups in total. The van der Waals surface area contributed by atoms with E-state index in [0.29, 0.717) is 12.1 Å². The zero-order valence-electron chi connectivity index (χ0n) is 17.3. The summed E-state index contributed by atoms with van der Waals surface area (Å²) in [5.41, 5.74) is 9.50. The zero-order valence-corrected chi connectivity index (χ0v) is 19.0. The average molecular weight is 453 g/mol. The Hall–Kier alpha value is -2.12. The summed E-state index contributed by atoms with van der Waals surface area (Å²) in [6.45, 7) is 5.32. The lowest BCUT2D eigenvalue weighted by molar-refractivity contribution is -0.132. The maximum atomic E-state index is 12.5. The lowest BCUT2D eigenvalue weighted by Gasteiger charge is -2.32. The van der Waals surface area contributed by atoms with E-state index in [0.717, 1.165) is 42.9 Å². The average Bonchev–Trinajstić information content (AvgIpc) is 2.68. The number of nitrogens with two attached hydrogens (primary N) is 1. The van der Waals surface area contributed by atoms with Crippen LogP contribution in [0.25, 0.3) is 0 Å². The van der Waals surface area contributed by atoms with Crippen LogP contribution < -0.4 is 11.1 Å².